The molecule has 0 aliphatic carbocycles. The van der Waals surface area contributed by atoms with Gasteiger partial charge < -0.3 is 14.8 Å². The predicted octanol–water partition coefficient (Wildman–Crippen LogP) is 1.43. The zero-order valence-corrected chi connectivity index (χ0v) is 9.42. The number of rotatable bonds is 6. The fourth-order valence-corrected chi connectivity index (χ4v) is 2.05. The van der Waals surface area contributed by atoms with Crippen LogP contribution in [0.15, 0.2) is 0 Å². The summed E-state index contributed by atoms with van der Waals surface area (Å²) >= 11 is 0. The van der Waals surface area contributed by atoms with Crippen LogP contribution in [-0.4, -0.2) is 39.5 Å². The highest BCUT2D eigenvalue weighted by Crippen LogP contribution is 2.19. The number of hydrogen-bond donors (Lipinski definition) is 1. The molecule has 3 heteroatoms. The summed E-state index contributed by atoms with van der Waals surface area (Å²) < 4.78 is 10.9. The summed E-state index contributed by atoms with van der Waals surface area (Å²) in [7, 11) is 2.03. The molecule has 2 atom stereocenters. The van der Waals surface area contributed by atoms with E-state index in [0.717, 1.165) is 32.8 Å². The van der Waals surface area contributed by atoms with Gasteiger partial charge in [-0.2, -0.15) is 0 Å². The highest BCUT2D eigenvalue weighted by Gasteiger charge is 2.22. The summed E-state index contributed by atoms with van der Waals surface area (Å²) in [6, 6.07) is 0.557. The van der Waals surface area contributed by atoms with Crippen molar-refractivity contribution in [3.8, 4) is 0 Å². The summed E-state index contributed by atoms with van der Waals surface area (Å²) in [5, 5.41) is 3.37. The smallest absolute Gasteiger partial charge is 0.0509 e. The lowest BCUT2D eigenvalue weighted by molar-refractivity contribution is 0.0326. The molecule has 0 bridgehead atoms. The largest absolute Gasteiger partial charge is 0.382 e. The zero-order chi connectivity index (χ0) is 10.2. The van der Waals surface area contributed by atoms with E-state index in [1.54, 1.807) is 0 Å². The summed E-state index contributed by atoms with van der Waals surface area (Å²) in [4.78, 5) is 0. The van der Waals surface area contributed by atoms with Crippen LogP contribution >= 0.6 is 0 Å². The van der Waals surface area contributed by atoms with Crippen LogP contribution in [0.1, 0.15) is 26.2 Å². The Morgan fingerprint density at radius 2 is 2.43 bits per heavy atom. The lowest BCUT2D eigenvalue weighted by atomic mass is 9.92. The van der Waals surface area contributed by atoms with E-state index in [0.29, 0.717) is 12.0 Å². The maximum absolute atomic E-state index is 5.49. The van der Waals surface area contributed by atoms with Crippen molar-refractivity contribution in [3.05, 3.63) is 0 Å². The van der Waals surface area contributed by atoms with Crippen LogP contribution < -0.4 is 5.32 Å². The second-order valence-electron chi connectivity index (χ2n) is 3.86. The van der Waals surface area contributed by atoms with Gasteiger partial charge >= 0.3 is 0 Å². The zero-order valence-electron chi connectivity index (χ0n) is 9.42. The molecule has 1 saturated heterocycles. The Kier molecular flexibility index (Phi) is 6.15. The van der Waals surface area contributed by atoms with E-state index in [4.69, 9.17) is 9.47 Å². The monoisotopic (exact) mass is 201 g/mol. The van der Waals surface area contributed by atoms with Gasteiger partial charge in [-0.05, 0) is 39.2 Å². The van der Waals surface area contributed by atoms with Crippen LogP contribution in [0.2, 0.25) is 0 Å². The van der Waals surface area contributed by atoms with E-state index in [9.17, 15) is 0 Å². The normalized spacial score (nSPS) is 24.9. The van der Waals surface area contributed by atoms with Crippen molar-refractivity contribution in [2.45, 2.75) is 32.2 Å². The van der Waals surface area contributed by atoms with Gasteiger partial charge in [-0.15, -0.1) is 0 Å². The van der Waals surface area contributed by atoms with Crippen molar-refractivity contribution in [1.29, 1.82) is 0 Å². The molecule has 0 aromatic carbocycles. The molecule has 0 aromatic rings. The SMILES string of the molecule is CCOCCC(NC)C1CCCOC1. The maximum atomic E-state index is 5.49. The first kappa shape index (κ1) is 12.0. The standard InChI is InChI=1S/C11H23NO2/c1-3-13-8-6-11(12-2)10-5-4-7-14-9-10/h10-12H,3-9H2,1-2H3. The second-order valence-corrected chi connectivity index (χ2v) is 3.86. The van der Waals surface area contributed by atoms with Crippen molar-refractivity contribution >= 4 is 0 Å². The van der Waals surface area contributed by atoms with Gasteiger partial charge in [0.25, 0.3) is 0 Å². The van der Waals surface area contributed by atoms with E-state index in [1.165, 1.54) is 12.8 Å². The average molecular weight is 201 g/mol. The van der Waals surface area contributed by atoms with Crippen LogP contribution in [0.25, 0.3) is 0 Å². The average Bonchev–Trinajstić information content (AvgIpc) is 2.26. The van der Waals surface area contributed by atoms with Gasteiger partial charge in [-0.3, -0.25) is 0 Å². The van der Waals surface area contributed by atoms with Crippen LogP contribution in [0, 0.1) is 5.92 Å². The number of hydrogen-bond acceptors (Lipinski definition) is 3. The van der Waals surface area contributed by atoms with Gasteiger partial charge in [-0.1, -0.05) is 0 Å². The van der Waals surface area contributed by atoms with Gasteiger partial charge in [0.15, 0.2) is 0 Å². The summed E-state index contributed by atoms with van der Waals surface area (Å²) in [6.45, 7) is 5.57. The highest BCUT2D eigenvalue weighted by atomic mass is 16.5. The first-order chi connectivity index (χ1) is 6.88. The topological polar surface area (TPSA) is 30.5 Å². The van der Waals surface area contributed by atoms with Crippen molar-refractivity contribution < 1.29 is 9.47 Å². The number of ether oxygens (including phenoxy) is 2. The van der Waals surface area contributed by atoms with Gasteiger partial charge in [0.1, 0.15) is 0 Å². The molecular weight excluding hydrogens is 178 g/mol. The molecule has 1 fully saturated rings. The Labute approximate surface area is 87.2 Å². The minimum atomic E-state index is 0.557. The van der Waals surface area contributed by atoms with Gasteiger partial charge in [0.2, 0.25) is 0 Å². The Morgan fingerprint density at radius 1 is 1.57 bits per heavy atom. The van der Waals surface area contributed by atoms with Gasteiger partial charge in [0.05, 0.1) is 6.61 Å². The Bertz CT molecular complexity index is 135. The summed E-state index contributed by atoms with van der Waals surface area (Å²) in [5.41, 5.74) is 0. The fraction of sp³-hybridized carbons (Fsp3) is 1.00. The Morgan fingerprint density at radius 3 is 3.00 bits per heavy atom. The minimum Gasteiger partial charge on any atom is -0.382 e. The molecule has 0 spiro atoms. The molecule has 84 valence electrons. The Balaban J connectivity index is 2.21. The lowest BCUT2D eigenvalue weighted by Crippen LogP contribution is -2.39. The van der Waals surface area contributed by atoms with Gasteiger partial charge in [-0.25, -0.2) is 0 Å². The van der Waals surface area contributed by atoms with Crippen LogP contribution in [-0.2, 0) is 9.47 Å². The molecule has 1 N–H and O–H groups in total. The van der Waals surface area contributed by atoms with E-state index < -0.39 is 0 Å². The molecule has 0 saturated carbocycles. The molecule has 1 rings (SSSR count). The lowest BCUT2D eigenvalue weighted by Gasteiger charge is -2.29. The van der Waals surface area contributed by atoms with E-state index >= 15 is 0 Å². The third-order valence-corrected chi connectivity index (χ3v) is 2.91. The van der Waals surface area contributed by atoms with Crippen molar-refractivity contribution in [2.24, 2.45) is 5.92 Å². The Hall–Kier alpha value is -0.120. The minimum absolute atomic E-state index is 0.557. The summed E-state index contributed by atoms with van der Waals surface area (Å²) in [5.74, 6) is 0.675. The fourth-order valence-electron chi connectivity index (χ4n) is 2.05. The first-order valence-corrected chi connectivity index (χ1v) is 5.71. The van der Waals surface area contributed by atoms with E-state index in [2.05, 4.69) is 5.32 Å². The molecule has 1 aliphatic rings. The van der Waals surface area contributed by atoms with Crippen LogP contribution in [0.3, 0.4) is 0 Å². The molecule has 3 nitrogen and oxygen atoms in total. The summed E-state index contributed by atoms with van der Waals surface area (Å²) in [6.07, 6.45) is 3.59. The third-order valence-electron chi connectivity index (χ3n) is 2.91. The van der Waals surface area contributed by atoms with Crippen molar-refractivity contribution in [1.82, 2.24) is 5.32 Å². The molecule has 14 heavy (non-hydrogen) atoms. The maximum Gasteiger partial charge on any atom is 0.0509 e. The molecule has 0 radical (unpaired) electrons. The molecule has 0 aromatic heterocycles. The van der Waals surface area contributed by atoms with Crippen molar-refractivity contribution in [3.63, 3.8) is 0 Å². The highest BCUT2D eigenvalue weighted by molar-refractivity contribution is 4.77. The molecular formula is C11H23NO2. The first-order valence-electron chi connectivity index (χ1n) is 5.71. The number of nitrogens with one attached hydrogen (secondary N) is 1. The van der Waals surface area contributed by atoms with E-state index in [-0.39, 0.29) is 0 Å². The molecule has 2 unspecified atom stereocenters. The van der Waals surface area contributed by atoms with Crippen LogP contribution in [0.4, 0.5) is 0 Å². The van der Waals surface area contributed by atoms with Gasteiger partial charge in [0, 0.05) is 25.9 Å². The van der Waals surface area contributed by atoms with Crippen molar-refractivity contribution in [2.75, 3.05) is 33.5 Å². The van der Waals surface area contributed by atoms with E-state index in [1.807, 2.05) is 14.0 Å². The molecule has 1 heterocycles. The quantitative estimate of drug-likeness (QED) is 0.659. The van der Waals surface area contributed by atoms with Crippen LogP contribution in [0.5, 0.6) is 0 Å². The predicted molar refractivity (Wildman–Crippen MR) is 57.5 cm³/mol. The third kappa shape index (κ3) is 3.95. The molecule has 1 aliphatic heterocycles. The molecule has 0 amide bonds. The second kappa shape index (κ2) is 7.21.